The molecule has 0 atom stereocenters. The number of aryl methyl sites for hydroxylation is 2. The lowest BCUT2D eigenvalue weighted by atomic mass is 10.1. The van der Waals surface area contributed by atoms with Gasteiger partial charge in [-0.2, -0.15) is 0 Å². The van der Waals surface area contributed by atoms with Crippen molar-refractivity contribution in [1.82, 2.24) is 15.1 Å². The van der Waals surface area contributed by atoms with Crippen LogP contribution in [0.3, 0.4) is 0 Å². The first-order valence-electron chi connectivity index (χ1n) is 10.1. The van der Waals surface area contributed by atoms with Crippen LogP contribution in [0.1, 0.15) is 27.0 Å². The van der Waals surface area contributed by atoms with Gasteiger partial charge in [-0.1, -0.05) is 29.3 Å². The van der Waals surface area contributed by atoms with Gasteiger partial charge >= 0.3 is 0 Å². The Balaban J connectivity index is 1.50. The first-order chi connectivity index (χ1) is 13.9. The summed E-state index contributed by atoms with van der Waals surface area (Å²) in [5.74, 6) is -0.477. The minimum atomic E-state index is -0.240. The average molecular weight is 395 g/mol. The highest BCUT2D eigenvalue weighted by Crippen LogP contribution is 2.14. The molecule has 2 N–H and O–H groups in total. The van der Waals surface area contributed by atoms with Crippen LogP contribution in [0.25, 0.3) is 0 Å². The molecule has 1 saturated heterocycles. The number of nitrogens with zero attached hydrogens (tertiary/aromatic N) is 2. The van der Waals surface area contributed by atoms with E-state index in [4.69, 9.17) is 0 Å². The maximum atomic E-state index is 12.3. The molecule has 0 aromatic heterocycles. The summed E-state index contributed by atoms with van der Waals surface area (Å²) in [6.45, 7) is 8.98. The van der Waals surface area contributed by atoms with Crippen LogP contribution < -0.4 is 10.6 Å². The summed E-state index contributed by atoms with van der Waals surface area (Å²) in [5, 5.41) is 5.57. The molecule has 6 heteroatoms. The second kappa shape index (κ2) is 9.67. The van der Waals surface area contributed by atoms with E-state index in [0.29, 0.717) is 5.56 Å². The van der Waals surface area contributed by atoms with Crippen molar-refractivity contribution >= 4 is 17.5 Å². The number of carbonyl (C=O) groups is 2. The van der Waals surface area contributed by atoms with E-state index in [9.17, 15) is 9.59 Å². The summed E-state index contributed by atoms with van der Waals surface area (Å²) >= 11 is 0. The van der Waals surface area contributed by atoms with E-state index < -0.39 is 0 Å². The van der Waals surface area contributed by atoms with Gasteiger partial charge in [-0.3, -0.25) is 14.5 Å². The molecule has 154 valence electrons. The summed E-state index contributed by atoms with van der Waals surface area (Å²) < 4.78 is 0. The Hall–Kier alpha value is -2.70. The third-order valence-corrected chi connectivity index (χ3v) is 5.11. The number of carbonyl (C=O) groups excluding carboxylic acids is 2. The van der Waals surface area contributed by atoms with Gasteiger partial charge in [0.05, 0.1) is 6.54 Å². The van der Waals surface area contributed by atoms with Crippen LogP contribution in [0.2, 0.25) is 0 Å². The maximum Gasteiger partial charge on any atom is 0.251 e. The van der Waals surface area contributed by atoms with Crippen LogP contribution >= 0.6 is 0 Å². The van der Waals surface area contributed by atoms with E-state index in [1.54, 1.807) is 0 Å². The number of nitrogens with one attached hydrogen (secondary N) is 2. The first-order valence-corrected chi connectivity index (χ1v) is 10.1. The molecule has 0 radical (unpaired) electrons. The number of hydrogen-bond acceptors (Lipinski definition) is 4. The fraction of sp³-hybridized carbons (Fsp3) is 0.391. The van der Waals surface area contributed by atoms with Crippen LogP contribution in [0, 0.1) is 13.8 Å². The molecule has 29 heavy (non-hydrogen) atoms. The molecule has 0 unspecified atom stereocenters. The number of amides is 2. The van der Waals surface area contributed by atoms with Gasteiger partial charge in [0, 0.05) is 44.0 Å². The van der Waals surface area contributed by atoms with Crippen LogP contribution in [-0.4, -0.2) is 61.4 Å². The van der Waals surface area contributed by atoms with Gasteiger partial charge in [0.1, 0.15) is 0 Å². The van der Waals surface area contributed by atoms with Gasteiger partial charge in [-0.05, 0) is 50.7 Å². The number of rotatable bonds is 6. The minimum Gasteiger partial charge on any atom is -0.343 e. The highest BCUT2D eigenvalue weighted by molar-refractivity contribution is 5.99. The molecule has 0 spiro atoms. The second-order valence-electron chi connectivity index (χ2n) is 7.89. The molecule has 2 amide bonds. The maximum absolute atomic E-state index is 12.3. The number of hydrogen-bond donors (Lipinski definition) is 2. The Labute approximate surface area is 172 Å². The fourth-order valence-electron chi connectivity index (χ4n) is 3.59. The van der Waals surface area contributed by atoms with Gasteiger partial charge < -0.3 is 15.5 Å². The molecule has 0 saturated carbocycles. The summed E-state index contributed by atoms with van der Waals surface area (Å²) in [4.78, 5) is 29.3. The Morgan fingerprint density at radius 1 is 0.966 bits per heavy atom. The SMILES string of the molecule is Cc1cc(C)cc(C(=O)NCC(=O)Nc2cccc(CN3CCN(C)CC3)c2)c1. The summed E-state index contributed by atoms with van der Waals surface area (Å²) in [6.07, 6.45) is 0. The van der Waals surface area contributed by atoms with Crippen molar-refractivity contribution in [2.24, 2.45) is 0 Å². The molecule has 6 nitrogen and oxygen atoms in total. The third kappa shape index (κ3) is 6.41. The predicted molar refractivity (Wildman–Crippen MR) is 116 cm³/mol. The van der Waals surface area contributed by atoms with Gasteiger partial charge in [-0.25, -0.2) is 0 Å². The van der Waals surface area contributed by atoms with E-state index in [0.717, 1.165) is 49.5 Å². The van der Waals surface area contributed by atoms with Crippen molar-refractivity contribution in [3.05, 3.63) is 64.7 Å². The smallest absolute Gasteiger partial charge is 0.251 e. The number of anilines is 1. The Bertz CT molecular complexity index is 853. The zero-order valence-corrected chi connectivity index (χ0v) is 17.5. The molecule has 1 heterocycles. The van der Waals surface area contributed by atoms with Crippen molar-refractivity contribution in [3.8, 4) is 0 Å². The average Bonchev–Trinajstić information content (AvgIpc) is 2.67. The zero-order chi connectivity index (χ0) is 20.8. The molecule has 1 aliphatic rings. The Morgan fingerprint density at radius 2 is 1.66 bits per heavy atom. The normalized spacial score (nSPS) is 15.1. The third-order valence-electron chi connectivity index (χ3n) is 5.11. The topological polar surface area (TPSA) is 64.7 Å². The molecule has 3 rings (SSSR count). The quantitative estimate of drug-likeness (QED) is 0.790. The van der Waals surface area contributed by atoms with E-state index in [1.807, 2.05) is 50.2 Å². The minimum absolute atomic E-state index is 0.0610. The first kappa shape index (κ1) is 21.0. The highest BCUT2D eigenvalue weighted by atomic mass is 16.2. The van der Waals surface area contributed by atoms with Gasteiger partial charge in [0.2, 0.25) is 5.91 Å². The van der Waals surface area contributed by atoms with Crippen molar-refractivity contribution in [3.63, 3.8) is 0 Å². The van der Waals surface area contributed by atoms with Crippen LogP contribution in [0.4, 0.5) is 5.69 Å². The molecular formula is C23H30N4O2. The predicted octanol–water partition coefficient (Wildman–Crippen LogP) is 2.42. The zero-order valence-electron chi connectivity index (χ0n) is 17.5. The highest BCUT2D eigenvalue weighted by Gasteiger charge is 2.14. The molecule has 1 aliphatic heterocycles. The van der Waals surface area contributed by atoms with E-state index in [1.165, 1.54) is 5.56 Å². The summed E-state index contributed by atoms with van der Waals surface area (Å²) in [6, 6.07) is 13.6. The Morgan fingerprint density at radius 3 is 2.34 bits per heavy atom. The number of benzene rings is 2. The van der Waals surface area contributed by atoms with Crippen LogP contribution in [0.5, 0.6) is 0 Å². The van der Waals surface area contributed by atoms with Crippen molar-refractivity contribution in [2.75, 3.05) is 45.1 Å². The molecule has 2 aromatic carbocycles. The van der Waals surface area contributed by atoms with Crippen molar-refractivity contribution in [2.45, 2.75) is 20.4 Å². The molecule has 0 bridgehead atoms. The monoisotopic (exact) mass is 394 g/mol. The molecule has 1 fully saturated rings. The second-order valence-corrected chi connectivity index (χ2v) is 7.89. The molecule has 2 aromatic rings. The van der Waals surface area contributed by atoms with Gasteiger partial charge in [0.15, 0.2) is 0 Å². The van der Waals surface area contributed by atoms with Gasteiger partial charge in [-0.15, -0.1) is 0 Å². The van der Waals surface area contributed by atoms with Crippen LogP contribution in [0.15, 0.2) is 42.5 Å². The largest absolute Gasteiger partial charge is 0.343 e. The molecule has 0 aliphatic carbocycles. The van der Waals surface area contributed by atoms with Crippen molar-refractivity contribution < 1.29 is 9.59 Å². The lowest BCUT2D eigenvalue weighted by Crippen LogP contribution is -2.43. The standard InChI is InChI=1S/C23H30N4O2/c1-17-11-18(2)13-20(12-17)23(29)24-15-22(28)25-21-6-4-5-19(14-21)16-27-9-7-26(3)8-10-27/h4-6,11-14H,7-10,15-16H2,1-3H3,(H,24,29)(H,25,28). The Kier molecular flexibility index (Phi) is 7.01. The fourth-order valence-corrected chi connectivity index (χ4v) is 3.59. The van der Waals surface area contributed by atoms with E-state index >= 15 is 0 Å². The summed E-state index contributed by atoms with van der Waals surface area (Å²) in [5.41, 5.74) is 4.55. The number of likely N-dealkylation sites (N-methyl/N-ethyl adjacent to an activating group) is 1. The van der Waals surface area contributed by atoms with E-state index in [2.05, 4.69) is 33.5 Å². The van der Waals surface area contributed by atoms with Gasteiger partial charge in [0.25, 0.3) is 5.91 Å². The van der Waals surface area contributed by atoms with E-state index in [-0.39, 0.29) is 18.4 Å². The van der Waals surface area contributed by atoms with Crippen LogP contribution in [-0.2, 0) is 11.3 Å². The number of piperazine rings is 1. The lowest BCUT2D eigenvalue weighted by molar-refractivity contribution is -0.115. The summed E-state index contributed by atoms with van der Waals surface area (Å²) in [7, 11) is 2.15. The molecular weight excluding hydrogens is 364 g/mol. The van der Waals surface area contributed by atoms with Crippen molar-refractivity contribution in [1.29, 1.82) is 0 Å². The lowest BCUT2D eigenvalue weighted by Gasteiger charge is -2.32.